The zero-order chi connectivity index (χ0) is 13.9. The number of nitrogens with zero attached hydrogens (tertiary/aromatic N) is 3. The van der Waals surface area contributed by atoms with Crippen LogP contribution < -0.4 is 10.6 Å². The molecule has 20 heavy (non-hydrogen) atoms. The van der Waals surface area contributed by atoms with Gasteiger partial charge in [0.05, 0.1) is 11.2 Å². The van der Waals surface area contributed by atoms with Crippen molar-refractivity contribution < 1.29 is 0 Å². The smallest absolute Gasteiger partial charge is 0.0955 e. The predicted molar refractivity (Wildman–Crippen MR) is 82.5 cm³/mol. The lowest BCUT2D eigenvalue weighted by Gasteiger charge is -2.21. The Bertz CT molecular complexity index is 725. The van der Waals surface area contributed by atoms with Crippen LogP contribution in [-0.2, 0) is 6.54 Å². The number of nitrogen functional groups attached to an aromatic ring is 1. The molecule has 100 valence electrons. The first-order valence-corrected chi connectivity index (χ1v) is 6.49. The molecule has 0 aliphatic rings. The van der Waals surface area contributed by atoms with E-state index in [1.165, 1.54) is 0 Å². The summed E-state index contributed by atoms with van der Waals surface area (Å²) in [5.74, 6) is 0. The van der Waals surface area contributed by atoms with Gasteiger partial charge in [-0.3, -0.25) is 9.97 Å². The molecule has 2 N–H and O–H groups in total. The topological polar surface area (TPSA) is 55.0 Å². The second-order valence-electron chi connectivity index (χ2n) is 4.79. The van der Waals surface area contributed by atoms with Gasteiger partial charge in [-0.05, 0) is 35.9 Å². The molecule has 3 rings (SSSR count). The molecule has 0 amide bonds. The summed E-state index contributed by atoms with van der Waals surface area (Å²) in [6.07, 6.45) is 5.45. The van der Waals surface area contributed by atoms with E-state index in [1.807, 2.05) is 43.6 Å². The van der Waals surface area contributed by atoms with E-state index in [4.69, 9.17) is 5.73 Å². The van der Waals surface area contributed by atoms with Crippen LogP contribution in [0.4, 0.5) is 11.4 Å². The number of nitrogens with two attached hydrogens (primary N) is 1. The highest BCUT2D eigenvalue weighted by Crippen LogP contribution is 2.29. The summed E-state index contributed by atoms with van der Waals surface area (Å²) in [4.78, 5) is 10.8. The minimum Gasteiger partial charge on any atom is -0.398 e. The highest BCUT2D eigenvalue weighted by molar-refractivity contribution is 5.98. The van der Waals surface area contributed by atoms with Crippen molar-refractivity contribution >= 4 is 22.3 Å². The maximum atomic E-state index is 6.01. The van der Waals surface area contributed by atoms with Crippen molar-refractivity contribution in [3.05, 3.63) is 60.6 Å². The van der Waals surface area contributed by atoms with Gasteiger partial charge in [-0.15, -0.1) is 0 Å². The SMILES string of the molecule is CN(Cc1cccnc1)c1ccc(N)c2cccnc12. The predicted octanol–water partition coefficient (Wildman–Crippen LogP) is 2.85. The normalized spacial score (nSPS) is 10.7. The van der Waals surface area contributed by atoms with Crippen LogP contribution in [0.2, 0.25) is 0 Å². The van der Waals surface area contributed by atoms with Crippen molar-refractivity contribution in [2.24, 2.45) is 0 Å². The highest BCUT2D eigenvalue weighted by atomic mass is 15.1. The molecule has 0 saturated heterocycles. The average Bonchev–Trinajstić information content (AvgIpc) is 2.49. The Balaban J connectivity index is 2.00. The molecule has 0 aliphatic heterocycles. The molecule has 0 saturated carbocycles. The fraction of sp³-hybridized carbons (Fsp3) is 0.125. The minimum atomic E-state index is 0.756. The van der Waals surface area contributed by atoms with Crippen molar-refractivity contribution in [3.63, 3.8) is 0 Å². The van der Waals surface area contributed by atoms with E-state index in [0.717, 1.165) is 34.4 Å². The molecule has 4 nitrogen and oxygen atoms in total. The first-order valence-electron chi connectivity index (χ1n) is 6.49. The summed E-state index contributed by atoms with van der Waals surface area (Å²) in [5, 5.41) is 0.989. The maximum absolute atomic E-state index is 6.01. The molecule has 2 aromatic heterocycles. The van der Waals surface area contributed by atoms with Crippen LogP contribution in [0.15, 0.2) is 55.0 Å². The van der Waals surface area contributed by atoms with E-state index < -0.39 is 0 Å². The third kappa shape index (κ3) is 2.28. The lowest BCUT2D eigenvalue weighted by molar-refractivity contribution is 0.918. The van der Waals surface area contributed by atoms with E-state index in [-0.39, 0.29) is 0 Å². The Morgan fingerprint density at radius 3 is 2.75 bits per heavy atom. The van der Waals surface area contributed by atoms with Crippen molar-refractivity contribution in [3.8, 4) is 0 Å². The van der Waals surface area contributed by atoms with Gasteiger partial charge in [-0.2, -0.15) is 0 Å². The number of benzene rings is 1. The molecule has 0 aliphatic carbocycles. The fourth-order valence-corrected chi connectivity index (χ4v) is 2.34. The number of rotatable bonds is 3. The standard InChI is InChI=1S/C16H16N4/c1-20(11-12-4-2-8-18-10-12)15-7-6-14(17)13-5-3-9-19-16(13)15/h2-10H,11,17H2,1H3. The fourth-order valence-electron chi connectivity index (χ4n) is 2.34. The number of hydrogen-bond donors (Lipinski definition) is 1. The quantitative estimate of drug-likeness (QED) is 0.739. The Hall–Kier alpha value is -2.62. The van der Waals surface area contributed by atoms with Gasteiger partial charge in [0.1, 0.15) is 0 Å². The molecule has 0 atom stereocenters. The number of anilines is 2. The third-order valence-corrected chi connectivity index (χ3v) is 3.34. The molecule has 0 unspecified atom stereocenters. The molecular weight excluding hydrogens is 248 g/mol. The van der Waals surface area contributed by atoms with Crippen LogP contribution in [0.3, 0.4) is 0 Å². The highest BCUT2D eigenvalue weighted by Gasteiger charge is 2.09. The van der Waals surface area contributed by atoms with E-state index in [1.54, 1.807) is 12.4 Å². The van der Waals surface area contributed by atoms with Crippen molar-refractivity contribution in [2.75, 3.05) is 17.7 Å². The first kappa shape index (κ1) is 12.4. The van der Waals surface area contributed by atoms with Crippen LogP contribution in [0.1, 0.15) is 5.56 Å². The molecule has 0 spiro atoms. The summed E-state index contributed by atoms with van der Waals surface area (Å²) in [6, 6.07) is 11.9. The van der Waals surface area contributed by atoms with E-state index in [9.17, 15) is 0 Å². The van der Waals surface area contributed by atoms with E-state index >= 15 is 0 Å². The van der Waals surface area contributed by atoms with Crippen LogP contribution in [0.25, 0.3) is 10.9 Å². The van der Waals surface area contributed by atoms with Gasteiger partial charge in [0.25, 0.3) is 0 Å². The Kier molecular flexibility index (Phi) is 3.21. The monoisotopic (exact) mass is 264 g/mol. The molecule has 4 heteroatoms. The molecular formula is C16H16N4. The Morgan fingerprint density at radius 2 is 1.95 bits per heavy atom. The van der Waals surface area contributed by atoms with Gasteiger partial charge in [-0.25, -0.2) is 0 Å². The number of pyridine rings is 2. The minimum absolute atomic E-state index is 0.756. The molecule has 0 bridgehead atoms. The number of aromatic nitrogens is 2. The zero-order valence-corrected chi connectivity index (χ0v) is 11.3. The van der Waals surface area contributed by atoms with Gasteiger partial charge >= 0.3 is 0 Å². The van der Waals surface area contributed by atoms with Gasteiger partial charge in [0, 0.05) is 43.3 Å². The van der Waals surface area contributed by atoms with Crippen LogP contribution in [-0.4, -0.2) is 17.0 Å². The van der Waals surface area contributed by atoms with Gasteiger partial charge < -0.3 is 10.6 Å². The van der Waals surface area contributed by atoms with Crippen molar-refractivity contribution in [2.45, 2.75) is 6.54 Å². The third-order valence-electron chi connectivity index (χ3n) is 3.34. The van der Waals surface area contributed by atoms with E-state index in [0.29, 0.717) is 0 Å². The lowest BCUT2D eigenvalue weighted by atomic mass is 10.1. The molecule has 3 aromatic rings. The van der Waals surface area contributed by atoms with Gasteiger partial charge in [0.2, 0.25) is 0 Å². The van der Waals surface area contributed by atoms with Crippen molar-refractivity contribution in [1.82, 2.24) is 9.97 Å². The Labute approximate surface area is 117 Å². The maximum Gasteiger partial charge on any atom is 0.0955 e. The molecule has 0 fully saturated rings. The van der Waals surface area contributed by atoms with E-state index in [2.05, 4.69) is 20.9 Å². The zero-order valence-electron chi connectivity index (χ0n) is 11.3. The second-order valence-corrected chi connectivity index (χ2v) is 4.79. The number of fused-ring (bicyclic) bond motifs is 1. The summed E-state index contributed by atoms with van der Waals surface area (Å²) in [6.45, 7) is 0.781. The van der Waals surface area contributed by atoms with Crippen molar-refractivity contribution in [1.29, 1.82) is 0 Å². The van der Waals surface area contributed by atoms with Gasteiger partial charge in [-0.1, -0.05) is 6.07 Å². The lowest BCUT2D eigenvalue weighted by Crippen LogP contribution is -2.17. The summed E-state index contributed by atoms with van der Waals surface area (Å²) in [5.41, 5.74) is 9.93. The molecule has 0 radical (unpaired) electrons. The Morgan fingerprint density at radius 1 is 1.10 bits per heavy atom. The first-order chi connectivity index (χ1) is 9.75. The average molecular weight is 264 g/mol. The summed E-state index contributed by atoms with van der Waals surface area (Å²) < 4.78 is 0. The van der Waals surface area contributed by atoms with Crippen LogP contribution in [0, 0.1) is 0 Å². The van der Waals surface area contributed by atoms with Crippen LogP contribution >= 0.6 is 0 Å². The molecule has 2 heterocycles. The van der Waals surface area contributed by atoms with Gasteiger partial charge in [0.15, 0.2) is 0 Å². The summed E-state index contributed by atoms with van der Waals surface area (Å²) in [7, 11) is 2.05. The second kappa shape index (κ2) is 5.17. The van der Waals surface area contributed by atoms with Crippen LogP contribution in [0.5, 0.6) is 0 Å². The summed E-state index contributed by atoms with van der Waals surface area (Å²) >= 11 is 0. The largest absolute Gasteiger partial charge is 0.398 e. The molecule has 1 aromatic carbocycles. The number of hydrogen-bond acceptors (Lipinski definition) is 4.